The SMILES string of the molecule is CC(=O)C(F)(F)CC1CCCS(=O)(=O)C1. The third-order valence-corrected chi connectivity index (χ3v) is 4.51. The van der Waals surface area contributed by atoms with E-state index in [0.29, 0.717) is 12.8 Å². The second-order valence-corrected chi connectivity index (χ2v) is 6.32. The van der Waals surface area contributed by atoms with Gasteiger partial charge in [0.2, 0.25) is 0 Å². The number of Topliss-reactive ketones (excluding diaryl/α,β-unsaturated/α-hetero) is 1. The summed E-state index contributed by atoms with van der Waals surface area (Å²) in [6.07, 6.45) is 0.241. The van der Waals surface area contributed by atoms with Crippen molar-refractivity contribution in [2.24, 2.45) is 5.92 Å². The van der Waals surface area contributed by atoms with Crippen molar-refractivity contribution in [1.82, 2.24) is 0 Å². The van der Waals surface area contributed by atoms with E-state index in [0.717, 1.165) is 6.92 Å². The molecule has 1 saturated heterocycles. The minimum Gasteiger partial charge on any atom is -0.293 e. The van der Waals surface area contributed by atoms with Gasteiger partial charge in [-0.3, -0.25) is 4.79 Å². The van der Waals surface area contributed by atoms with E-state index in [1.807, 2.05) is 0 Å². The van der Waals surface area contributed by atoms with Crippen LogP contribution in [-0.2, 0) is 14.6 Å². The zero-order valence-corrected chi connectivity index (χ0v) is 9.32. The Morgan fingerprint density at radius 1 is 1.47 bits per heavy atom. The number of hydrogen-bond acceptors (Lipinski definition) is 3. The van der Waals surface area contributed by atoms with E-state index in [4.69, 9.17) is 0 Å². The lowest BCUT2D eigenvalue weighted by Gasteiger charge is -2.24. The number of carbonyl (C=O) groups is 1. The van der Waals surface area contributed by atoms with Crippen molar-refractivity contribution in [1.29, 1.82) is 0 Å². The van der Waals surface area contributed by atoms with E-state index in [1.165, 1.54) is 0 Å². The van der Waals surface area contributed by atoms with Gasteiger partial charge >= 0.3 is 5.92 Å². The fourth-order valence-corrected chi connectivity index (χ4v) is 3.56. The van der Waals surface area contributed by atoms with Gasteiger partial charge in [-0.25, -0.2) is 8.42 Å². The van der Waals surface area contributed by atoms with Crippen molar-refractivity contribution < 1.29 is 22.0 Å². The maximum absolute atomic E-state index is 13.0. The lowest BCUT2D eigenvalue weighted by Crippen LogP contribution is -2.34. The Hall–Kier alpha value is -0.520. The molecule has 1 aliphatic rings. The molecule has 0 aliphatic carbocycles. The summed E-state index contributed by atoms with van der Waals surface area (Å²) >= 11 is 0. The van der Waals surface area contributed by atoms with Crippen LogP contribution in [0.15, 0.2) is 0 Å². The van der Waals surface area contributed by atoms with Gasteiger partial charge in [0.05, 0.1) is 11.5 Å². The van der Waals surface area contributed by atoms with Crippen LogP contribution in [0, 0.1) is 5.92 Å². The molecule has 15 heavy (non-hydrogen) atoms. The third-order valence-electron chi connectivity index (χ3n) is 2.62. The van der Waals surface area contributed by atoms with Gasteiger partial charge in [0.25, 0.3) is 0 Å². The molecule has 3 nitrogen and oxygen atoms in total. The van der Waals surface area contributed by atoms with Gasteiger partial charge in [-0.2, -0.15) is 8.78 Å². The molecule has 0 N–H and O–H groups in total. The third kappa shape index (κ3) is 3.52. The molecule has 6 heteroatoms. The molecule has 1 fully saturated rings. The van der Waals surface area contributed by atoms with Crippen LogP contribution in [0.4, 0.5) is 8.78 Å². The maximum Gasteiger partial charge on any atom is 0.305 e. The average molecular weight is 240 g/mol. The predicted octanol–water partition coefficient (Wildman–Crippen LogP) is 1.43. The Morgan fingerprint density at radius 2 is 2.07 bits per heavy atom. The molecular formula is C9H14F2O3S. The van der Waals surface area contributed by atoms with E-state index < -0.39 is 33.9 Å². The van der Waals surface area contributed by atoms with Crippen LogP contribution in [0.5, 0.6) is 0 Å². The molecule has 0 spiro atoms. The molecule has 1 rings (SSSR count). The second-order valence-electron chi connectivity index (χ2n) is 4.09. The van der Waals surface area contributed by atoms with E-state index in [2.05, 4.69) is 0 Å². The minimum atomic E-state index is -3.38. The first kappa shape index (κ1) is 12.5. The van der Waals surface area contributed by atoms with E-state index in [-0.39, 0.29) is 11.5 Å². The molecule has 1 aliphatic heterocycles. The highest BCUT2D eigenvalue weighted by Gasteiger charge is 2.39. The van der Waals surface area contributed by atoms with E-state index in [1.54, 1.807) is 0 Å². The van der Waals surface area contributed by atoms with Gasteiger partial charge in [-0.15, -0.1) is 0 Å². The summed E-state index contributed by atoms with van der Waals surface area (Å²) in [6.45, 7) is 0.831. The Bertz CT molecular complexity index is 348. The monoisotopic (exact) mass is 240 g/mol. The van der Waals surface area contributed by atoms with Crippen molar-refractivity contribution >= 4 is 15.6 Å². The lowest BCUT2D eigenvalue weighted by molar-refractivity contribution is -0.143. The standard InChI is InChI=1S/C9H14F2O3S/c1-7(12)9(10,11)5-8-3-2-4-15(13,14)6-8/h8H,2-6H2,1H3. The highest BCUT2D eigenvalue weighted by atomic mass is 32.2. The van der Waals surface area contributed by atoms with Crippen LogP contribution in [0.2, 0.25) is 0 Å². The molecule has 0 aromatic rings. The Morgan fingerprint density at radius 3 is 2.53 bits per heavy atom. The number of rotatable bonds is 3. The molecule has 1 unspecified atom stereocenters. The van der Waals surface area contributed by atoms with Crippen molar-refractivity contribution in [3.05, 3.63) is 0 Å². The molecule has 0 aromatic carbocycles. The van der Waals surface area contributed by atoms with Crippen molar-refractivity contribution in [3.63, 3.8) is 0 Å². The topological polar surface area (TPSA) is 51.2 Å². The minimum absolute atomic E-state index is 0.0785. The molecule has 1 heterocycles. The normalized spacial score (nSPS) is 26.2. The van der Waals surface area contributed by atoms with Crippen LogP contribution < -0.4 is 0 Å². The fourth-order valence-electron chi connectivity index (χ4n) is 1.78. The second kappa shape index (κ2) is 4.15. The Balaban J connectivity index is 2.63. The quantitative estimate of drug-likeness (QED) is 0.749. The van der Waals surface area contributed by atoms with Gasteiger partial charge in [-0.05, 0) is 18.8 Å². The van der Waals surface area contributed by atoms with Gasteiger partial charge in [0, 0.05) is 13.3 Å². The molecule has 1 atom stereocenters. The van der Waals surface area contributed by atoms with Crippen LogP contribution in [0.25, 0.3) is 0 Å². The van der Waals surface area contributed by atoms with Crippen LogP contribution in [0.1, 0.15) is 26.2 Å². The van der Waals surface area contributed by atoms with E-state index >= 15 is 0 Å². The highest BCUT2D eigenvalue weighted by molar-refractivity contribution is 7.91. The Labute approximate surface area is 87.8 Å². The average Bonchev–Trinajstić information content (AvgIpc) is 2.00. The number of sulfone groups is 1. The lowest BCUT2D eigenvalue weighted by atomic mass is 9.96. The summed E-state index contributed by atoms with van der Waals surface area (Å²) in [5.74, 6) is -5.28. The summed E-state index contributed by atoms with van der Waals surface area (Å²) in [5, 5.41) is 0. The first-order valence-electron chi connectivity index (χ1n) is 4.82. The number of alkyl halides is 2. The molecular weight excluding hydrogens is 226 g/mol. The number of carbonyl (C=O) groups excluding carboxylic acids is 1. The molecule has 0 amide bonds. The molecule has 88 valence electrons. The first-order chi connectivity index (χ1) is 6.73. The van der Waals surface area contributed by atoms with Crippen molar-refractivity contribution in [2.45, 2.75) is 32.1 Å². The zero-order valence-electron chi connectivity index (χ0n) is 8.50. The van der Waals surface area contributed by atoms with Crippen molar-refractivity contribution in [3.8, 4) is 0 Å². The fraction of sp³-hybridized carbons (Fsp3) is 0.889. The summed E-state index contributed by atoms with van der Waals surface area (Å²) in [4.78, 5) is 10.6. The molecule has 0 aromatic heterocycles. The van der Waals surface area contributed by atoms with Gasteiger partial charge < -0.3 is 0 Å². The summed E-state index contributed by atoms with van der Waals surface area (Å²) in [7, 11) is -3.17. The molecule has 0 radical (unpaired) electrons. The van der Waals surface area contributed by atoms with Gasteiger partial charge in [0.1, 0.15) is 0 Å². The number of halogens is 2. The van der Waals surface area contributed by atoms with Crippen LogP contribution in [-0.4, -0.2) is 31.6 Å². The molecule has 0 bridgehead atoms. The number of hydrogen-bond donors (Lipinski definition) is 0. The molecule has 0 saturated carbocycles. The van der Waals surface area contributed by atoms with Crippen LogP contribution >= 0.6 is 0 Å². The smallest absolute Gasteiger partial charge is 0.293 e. The van der Waals surface area contributed by atoms with Crippen molar-refractivity contribution in [2.75, 3.05) is 11.5 Å². The summed E-state index contributed by atoms with van der Waals surface area (Å²) in [6, 6.07) is 0. The van der Waals surface area contributed by atoms with Crippen LogP contribution in [0.3, 0.4) is 0 Å². The van der Waals surface area contributed by atoms with Gasteiger partial charge in [-0.1, -0.05) is 0 Å². The van der Waals surface area contributed by atoms with Gasteiger partial charge in [0.15, 0.2) is 15.6 Å². The van der Waals surface area contributed by atoms with E-state index in [9.17, 15) is 22.0 Å². The Kier molecular flexibility index (Phi) is 3.48. The highest BCUT2D eigenvalue weighted by Crippen LogP contribution is 2.30. The predicted molar refractivity (Wildman–Crippen MR) is 51.6 cm³/mol. The maximum atomic E-state index is 13.0. The zero-order chi connectivity index (χ0) is 11.7. The summed E-state index contributed by atoms with van der Waals surface area (Å²) in [5.41, 5.74) is 0. The number of ketones is 1. The first-order valence-corrected chi connectivity index (χ1v) is 6.64. The summed E-state index contributed by atoms with van der Waals surface area (Å²) < 4.78 is 48.5. The largest absolute Gasteiger partial charge is 0.305 e.